The number of urea groups is 1. The number of aliphatic carboxylic acids is 1. The molecule has 8 nitrogen and oxygen atoms in total. The summed E-state index contributed by atoms with van der Waals surface area (Å²) < 4.78 is 6.71. The second kappa shape index (κ2) is 5.27. The number of carbonyl (C=O) groups is 2. The van der Waals surface area contributed by atoms with Crippen LogP contribution in [-0.2, 0) is 16.1 Å². The summed E-state index contributed by atoms with van der Waals surface area (Å²) >= 11 is 0. The molecule has 0 spiro atoms. The number of anilines is 1. The Bertz CT molecular complexity index is 479. The molecule has 1 saturated heterocycles. The van der Waals surface area contributed by atoms with Gasteiger partial charge in [0.15, 0.2) is 11.4 Å². The summed E-state index contributed by atoms with van der Waals surface area (Å²) in [4.78, 5) is 23.0. The maximum Gasteiger partial charge on any atom is 0.332 e. The van der Waals surface area contributed by atoms with Crippen LogP contribution in [0.3, 0.4) is 0 Å². The fourth-order valence-electron chi connectivity index (χ4n) is 1.86. The highest BCUT2D eigenvalue weighted by Crippen LogP contribution is 2.19. The van der Waals surface area contributed by atoms with E-state index >= 15 is 0 Å². The second-order valence-electron chi connectivity index (χ2n) is 4.33. The molecule has 2 amide bonds. The minimum absolute atomic E-state index is 0.0286. The van der Waals surface area contributed by atoms with E-state index in [0.717, 1.165) is 0 Å². The number of carboxylic acid groups (broad SMARTS) is 1. The van der Waals surface area contributed by atoms with Crippen LogP contribution >= 0.6 is 0 Å². The molecule has 8 heteroatoms. The van der Waals surface area contributed by atoms with Crippen LogP contribution in [0.4, 0.5) is 10.6 Å². The van der Waals surface area contributed by atoms with Gasteiger partial charge in [0.2, 0.25) is 0 Å². The van der Waals surface area contributed by atoms with E-state index in [-0.39, 0.29) is 13.0 Å². The Kier molecular flexibility index (Phi) is 3.70. The Hall–Kier alpha value is -2.09. The number of nitrogens with zero attached hydrogens (tertiary/aromatic N) is 2. The van der Waals surface area contributed by atoms with Crippen LogP contribution in [0, 0.1) is 0 Å². The Morgan fingerprint density at radius 3 is 2.95 bits per heavy atom. The molecule has 3 N–H and O–H groups in total. The van der Waals surface area contributed by atoms with Gasteiger partial charge in [-0.05, 0) is 6.92 Å². The van der Waals surface area contributed by atoms with Crippen molar-refractivity contribution in [2.75, 3.05) is 18.5 Å². The van der Waals surface area contributed by atoms with Crippen molar-refractivity contribution in [2.24, 2.45) is 0 Å². The SMILES string of the molecule is CCn1ccc(NC(=O)NC2(C(=O)O)CCOC2)n1. The molecule has 19 heavy (non-hydrogen) atoms. The number of amides is 2. The lowest BCUT2D eigenvalue weighted by atomic mass is 9.99. The number of hydrogen-bond donors (Lipinski definition) is 3. The summed E-state index contributed by atoms with van der Waals surface area (Å²) in [6, 6.07) is 1.04. The van der Waals surface area contributed by atoms with Gasteiger partial charge in [-0.25, -0.2) is 9.59 Å². The molecule has 0 bridgehead atoms. The first-order valence-electron chi connectivity index (χ1n) is 5.99. The first-order chi connectivity index (χ1) is 9.05. The minimum Gasteiger partial charge on any atom is -0.479 e. The number of aryl methyl sites for hydroxylation is 1. The fraction of sp³-hybridized carbons (Fsp3) is 0.545. The lowest BCUT2D eigenvalue weighted by Crippen LogP contribution is -2.56. The van der Waals surface area contributed by atoms with Gasteiger partial charge in [0.1, 0.15) is 0 Å². The highest BCUT2D eigenvalue weighted by Gasteiger charge is 2.44. The standard InChI is InChI=1S/C11H16N4O4/c1-2-15-5-3-8(14-15)12-10(18)13-11(9(16)17)4-6-19-7-11/h3,5H,2,4,6-7H2,1H3,(H,16,17)(H2,12,13,14,18). The predicted octanol–water partition coefficient (Wildman–Crippen LogP) is 0.268. The van der Waals surface area contributed by atoms with Crippen LogP contribution in [0.15, 0.2) is 12.3 Å². The molecule has 0 aliphatic carbocycles. The summed E-state index contributed by atoms with van der Waals surface area (Å²) in [5.74, 6) is -0.724. The average molecular weight is 268 g/mol. The molecule has 0 saturated carbocycles. The van der Waals surface area contributed by atoms with Crippen LogP contribution < -0.4 is 10.6 Å². The third-order valence-electron chi connectivity index (χ3n) is 2.99. The maximum absolute atomic E-state index is 11.8. The van der Waals surface area contributed by atoms with Crippen LogP contribution in [0.1, 0.15) is 13.3 Å². The summed E-state index contributed by atoms with van der Waals surface area (Å²) in [6.07, 6.45) is 1.97. The van der Waals surface area contributed by atoms with E-state index in [2.05, 4.69) is 15.7 Å². The molecule has 1 fully saturated rings. The molecule has 1 aliphatic rings. The number of carbonyl (C=O) groups excluding carboxylic acids is 1. The number of aromatic nitrogens is 2. The summed E-state index contributed by atoms with van der Waals surface area (Å²) in [6.45, 7) is 2.90. The Morgan fingerprint density at radius 2 is 2.42 bits per heavy atom. The van der Waals surface area contributed by atoms with Crippen LogP contribution in [0.2, 0.25) is 0 Å². The van der Waals surface area contributed by atoms with Crippen molar-refractivity contribution in [3.05, 3.63) is 12.3 Å². The fourth-order valence-corrected chi connectivity index (χ4v) is 1.86. The quantitative estimate of drug-likeness (QED) is 0.726. The van der Waals surface area contributed by atoms with Gasteiger partial charge < -0.3 is 15.2 Å². The monoisotopic (exact) mass is 268 g/mol. The minimum atomic E-state index is -1.35. The van der Waals surface area contributed by atoms with Gasteiger partial charge in [0.25, 0.3) is 0 Å². The summed E-state index contributed by atoms with van der Waals surface area (Å²) in [7, 11) is 0. The van der Waals surface area contributed by atoms with E-state index in [9.17, 15) is 14.7 Å². The number of nitrogens with one attached hydrogen (secondary N) is 2. The highest BCUT2D eigenvalue weighted by molar-refractivity contribution is 5.93. The Balaban J connectivity index is 1.98. The predicted molar refractivity (Wildman–Crippen MR) is 65.9 cm³/mol. The molecule has 1 aromatic rings. The molecule has 0 aromatic carbocycles. The van der Waals surface area contributed by atoms with E-state index in [1.807, 2.05) is 6.92 Å². The molecule has 104 valence electrons. The number of ether oxygens (including phenoxy) is 1. The second-order valence-corrected chi connectivity index (χ2v) is 4.33. The van der Waals surface area contributed by atoms with Crippen molar-refractivity contribution < 1.29 is 19.4 Å². The molecule has 2 heterocycles. The van der Waals surface area contributed by atoms with Crippen molar-refractivity contribution in [3.8, 4) is 0 Å². The van der Waals surface area contributed by atoms with Gasteiger partial charge in [0.05, 0.1) is 6.61 Å². The zero-order valence-electron chi connectivity index (χ0n) is 10.5. The Labute approximate surface area is 109 Å². The average Bonchev–Trinajstić information content (AvgIpc) is 2.98. The number of rotatable bonds is 4. The van der Waals surface area contributed by atoms with Crippen molar-refractivity contribution in [1.29, 1.82) is 0 Å². The normalized spacial score (nSPS) is 22.2. The van der Waals surface area contributed by atoms with E-state index in [1.165, 1.54) is 0 Å². The molecule has 2 rings (SSSR count). The lowest BCUT2D eigenvalue weighted by molar-refractivity contribution is -0.144. The van der Waals surface area contributed by atoms with E-state index < -0.39 is 17.5 Å². The third-order valence-corrected chi connectivity index (χ3v) is 2.99. The van der Waals surface area contributed by atoms with E-state index in [1.54, 1.807) is 16.9 Å². The molecular weight excluding hydrogens is 252 g/mol. The van der Waals surface area contributed by atoms with Gasteiger partial charge in [-0.15, -0.1) is 0 Å². The van der Waals surface area contributed by atoms with Crippen molar-refractivity contribution in [1.82, 2.24) is 15.1 Å². The summed E-state index contributed by atoms with van der Waals surface area (Å²) in [5, 5.41) is 18.2. The largest absolute Gasteiger partial charge is 0.479 e. The Morgan fingerprint density at radius 1 is 1.63 bits per heavy atom. The zero-order chi connectivity index (χ0) is 13.9. The maximum atomic E-state index is 11.8. The summed E-state index contributed by atoms with van der Waals surface area (Å²) in [5.41, 5.74) is -1.35. The van der Waals surface area contributed by atoms with E-state index in [0.29, 0.717) is 19.0 Å². The smallest absolute Gasteiger partial charge is 0.332 e. The zero-order valence-corrected chi connectivity index (χ0v) is 10.5. The van der Waals surface area contributed by atoms with Gasteiger partial charge in [-0.1, -0.05) is 0 Å². The van der Waals surface area contributed by atoms with Gasteiger partial charge in [0, 0.05) is 31.8 Å². The highest BCUT2D eigenvalue weighted by atomic mass is 16.5. The van der Waals surface area contributed by atoms with Crippen molar-refractivity contribution in [2.45, 2.75) is 25.4 Å². The lowest BCUT2D eigenvalue weighted by Gasteiger charge is -2.23. The van der Waals surface area contributed by atoms with Crippen LogP contribution in [0.5, 0.6) is 0 Å². The first kappa shape index (κ1) is 13.3. The topological polar surface area (TPSA) is 105 Å². The molecular formula is C11H16N4O4. The molecule has 1 aromatic heterocycles. The van der Waals surface area contributed by atoms with Crippen LogP contribution in [0.25, 0.3) is 0 Å². The van der Waals surface area contributed by atoms with Gasteiger partial charge >= 0.3 is 12.0 Å². The third kappa shape index (κ3) is 2.84. The van der Waals surface area contributed by atoms with Gasteiger partial charge in [-0.3, -0.25) is 10.00 Å². The molecule has 1 unspecified atom stereocenters. The number of carboxylic acids is 1. The van der Waals surface area contributed by atoms with Crippen molar-refractivity contribution in [3.63, 3.8) is 0 Å². The van der Waals surface area contributed by atoms with Crippen molar-refractivity contribution >= 4 is 17.8 Å². The van der Waals surface area contributed by atoms with Crippen LogP contribution in [-0.4, -0.2) is 45.6 Å². The number of hydrogen-bond acceptors (Lipinski definition) is 4. The van der Waals surface area contributed by atoms with E-state index in [4.69, 9.17) is 4.74 Å². The molecule has 1 atom stereocenters. The molecule has 1 aliphatic heterocycles. The molecule has 0 radical (unpaired) electrons. The van der Waals surface area contributed by atoms with Gasteiger partial charge in [-0.2, -0.15) is 5.10 Å². The first-order valence-corrected chi connectivity index (χ1v) is 5.99.